The molecule has 1 amide bonds. The largest absolute Gasteiger partial charge is 0.466 e. The van der Waals surface area contributed by atoms with Gasteiger partial charge in [0.1, 0.15) is 0 Å². The first-order valence-electron chi connectivity index (χ1n) is 5.59. The highest BCUT2D eigenvalue weighted by Gasteiger charge is 2.18. The van der Waals surface area contributed by atoms with E-state index in [0.717, 1.165) is 11.3 Å². The van der Waals surface area contributed by atoms with Gasteiger partial charge in [-0.1, -0.05) is 11.3 Å². The molecule has 8 heteroatoms. The third kappa shape index (κ3) is 4.32. The van der Waals surface area contributed by atoms with Crippen molar-refractivity contribution in [2.24, 2.45) is 0 Å². The summed E-state index contributed by atoms with van der Waals surface area (Å²) in [5, 5.41) is 11.9. The van der Waals surface area contributed by atoms with Crippen LogP contribution in [-0.2, 0) is 9.53 Å². The highest BCUT2D eigenvalue weighted by Crippen LogP contribution is 2.23. The number of ether oxygens (including phenoxy) is 1. The molecule has 0 aliphatic heterocycles. The maximum absolute atomic E-state index is 11.9. The molecule has 0 N–H and O–H groups in total. The van der Waals surface area contributed by atoms with Gasteiger partial charge in [0.2, 0.25) is 0 Å². The zero-order valence-electron chi connectivity index (χ0n) is 10.6. The van der Waals surface area contributed by atoms with Crippen LogP contribution in [0.25, 0.3) is 0 Å². The van der Waals surface area contributed by atoms with Crippen molar-refractivity contribution in [3.63, 3.8) is 0 Å². The molecule has 0 saturated carbocycles. The molecule has 104 valence electrons. The zero-order valence-corrected chi connectivity index (χ0v) is 11.4. The highest BCUT2D eigenvalue weighted by molar-refractivity contribution is 7.13. The van der Waals surface area contributed by atoms with Crippen LogP contribution in [0, 0.1) is 10.1 Å². The third-order valence-electron chi connectivity index (χ3n) is 2.32. The molecule has 0 aliphatic carbocycles. The second-order valence-corrected chi connectivity index (χ2v) is 4.60. The molecule has 1 heterocycles. The second kappa shape index (κ2) is 6.83. The molecule has 0 spiro atoms. The van der Waals surface area contributed by atoms with E-state index in [1.807, 2.05) is 0 Å². The van der Waals surface area contributed by atoms with Crippen LogP contribution < -0.4 is 0 Å². The lowest BCUT2D eigenvalue weighted by Gasteiger charge is -2.15. The van der Waals surface area contributed by atoms with E-state index in [4.69, 9.17) is 4.74 Å². The molecule has 19 heavy (non-hydrogen) atoms. The van der Waals surface area contributed by atoms with Gasteiger partial charge in [-0.3, -0.25) is 19.7 Å². The molecule has 1 aromatic rings. The highest BCUT2D eigenvalue weighted by atomic mass is 32.1. The molecule has 0 radical (unpaired) electrons. The summed E-state index contributed by atoms with van der Waals surface area (Å²) in [4.78, 5) is 34.4. The van der Waals surface area contributed by atoms with Crippen molar-refractivity contribution in [2.75, 3.05) is 20.2 Å². The van der Waals surface area contributed by atoms with Crippen molar-refractivity contribution < 1.29 is 19.2 Å². The number of nitro groups is 1. The van der Waals surface area contributed by atoms with Crippen molar-refractivity contribution in [2.45, 2.75) is 13.3 Å². The number of thiophene rings is 1. The van der Waals surface area contributed by atoms with Gasteiger partial charge in [0, 0.05) is 25.0 Å². The quantitative estimate of drug-likeness (QED) is 0.451. The summed E-state index contributed by atoms with van der Waals surface area (Å²) in [6.45, 7) is 2.21. The average molecular weight is 286 g/mol. The lowest BCUT2D eigenvalue weighted by Crippen LogP contribution is -2.29. The third-order valence-corrected chi connectivity index (χ3v) is 3.20. The Labute approximate surface area is 113 Å². The van der Waals surface area contributed by atoms with E-state index in [2.05, 4.69) is 0 Å². The monoisotopic (exact) mass is 286 g/mol. The Morgan fingerprint density at radius 2 is 2.21 bits per heavy atom. The SMILES string of the molecule is CCOC(=O)CCN(C)C(=O)c1csc([N+](=O)[O-])c1. The van der Waals surface area contributed by atoms with Crippen LogP contribution in [0.15, 0.2) is 11.4 Å². The minimum atomic E-state index is -0.542. The fourth-order valence-electron chi connectivity index (χ4n) is 1.35. The standard InChI is InChI=1S/C11H14N2O5S/c1-3-18-10(14)4-5-12(2)11(15)8-6-9(13(16)17)19-7-8/h6-7H,3-5H2,1-2H3. The van der Waals surface area contributed by atoms with Gasteiger partial charge in [-0.05, 0) is 6.92 Å². The Morgan fingerprint density at radius 3 is 2.74 bits per heavy atom. The summed E-state index contributed by atoms with van der Waals surface area (Å²) >= 11 is 0.898. The van der Waals surface area contributed by atoms with Crippen LogP contribution in [0.4, 0.5) is 5.00 Å². The minimum absolute atomic E-state index is 0.0813. The summed E-state index contributed by atoms with van der Waals surface area (Å²) in [5.41, 5.74) is 0.253. The van der Waals surface area contributed by atoms with Gasteiger partial charge in [0.25, 0.3) is 5.91 Å². The fraction of sp³-hybridized carbons (Fsp3) is 0.455. The van der Waals surface area contributed by atoms with Crippen molar-refractivity contribution in [3.05, 3.63) is 27.1 Å². The van der Waals surface area contributed by atoms with Crippen LogP contribution in [-0.4, -0.2) is 41.9 Å². The van der Waals surface area contributed by atoms with Gasteiger partial charge in [-0.2, -0.15) is 0 Å². The molecule has 0 aromatic carbocycles. The number of esters is 1. The summed E-state index contributed by atoms with van der Waals surface area (Å²) < 4.78 is 4.75. The van der Waals surface area contributed by atoms with Crippen molar-refractivity contribution >= 4 is 28.2 Å². The Hall–Kier alpha value is -1.96. The van der Waals surface area contributed by atoms with E-state index in [9.17, 15) is 19.7 Å². The smallest absolute Gasteiger partial charge is 0.324 e. The van der Waals surface area contributed by atoms with Crippen LogP contribution in [0.3, 0.4) is 0 Å². The average Bonchev–Trinajstić information content (AvgIpc) is 2.85. The molecule has 0 unspecified atom stereocenters. The molecule has 0 fully saturated rings. The van der Waals surface area contributed by atoms with E-state index < -0.39 is 4.92 Å². The van der Waals surface area contributed by atoms with Crippen LogP contribution in [0.5, 0.6) is 0 Å². The number of carbonyl (C=O) groups is 2. The van der Waals surface area contributed by atoms with Crippen LogP contribution >= 0.6 is 11.3 Å². The van der Waals surface area contributed by atoms with E-state index in [1.54, 1.807) is 6.92 Å². The van der Waals surface area contributed by atoms with Crippen molar-refractivity contribution in [3.8, 4) is 0 Å². The molecule has 1 rings (SSSR count). The predicted octanol–water partition coefficient (Wildman–Crippen LogP) is 1.68. The van der Waals surface area contributed by atoms with E-state index >= 15 is 0 Å². The maximum atomic E-state index is 11.9. The van der Waals surface area contributed by atoms with Gasteiger partial charge in [-0.25, -0.2) is 0 Å². The number of hydrogen-bond acceptors (Lipinski definition) is 6. The van der Waals surface area contributed by atoms with E-state index in [0.29, 0.717) is 6.61 Å². The number of amides is 1. The normalized spacial score (nSPS) is 10.0. The Bertz CT molecular complexity index is 485. The molecule has 0 bridgehead atoms. The zero-order chi connectivity index (χ0) is 14.4. The van der Waals surface area contributed by atoms with E-state index in [-0.39, 0.29) is 35.4 Å². The first-order valence-corrected chi connectivity index (χ1v) is 6.47. The molecule has 7 nitrogen and oxygen atoms in total. The fourth-order valence-corrected chi connectivity index (χ4v) is 2.04. The van der Waals surface area contributed by atoms with Crippen molar-refractivity contribution in [1.29, 1.82) is 0 Å². The van der Waals surface area contributed by atoms with Crippen LogP contribution in [0.2, 0.25) is 0 Å². The lowest BCUT2D eigenvalue weighted by atomic mass is 10.3. The van der Waals surface area contributed by atoms with Gasteiger partial charge in [0.15, 0.2) is 0 Å². The molecule has 0 saturated heterocycles. The van der Waals surface area contributed by atoms with E-state index in [1.165, 1.54) is 23.4 Å². The Morgan fingerprint density at radius 1 is 1.53 bits per heavy atom. The molecular formula is C11H14N2O5S. The first-order chi connectivity index (χ1) is 8.95. The van der Waals surface area contributed by atoms with Gasteiger partial charge in [-0.15, -0.1) is 0 Å². The van der Waals surface area contributed by atoms with Gasteiger partial charge in [0.05, 0.1) is 23.5 Å². The second-order valence-electron chi connectivity index (χ2n) is 3.71. The Balaban J connectivity index is 2.56. The topological polar surface area (TPSA) is 89.8 Å². The minimum Gasteiger partial charge on any atom is -0.466 e. The van der Waals surface area contributed by atoms with Gasteiger partial charge >= 0.3 is 11.0 Å². The molecule has 1 aromatic heterocycles. The number of rotatable bonds is 6. The summed E-state index contributed by atoms with van der Waals surface area (Å²) in [7, 11) is 1.53. The van der Waals surface area contributed by atoms with Crippen molar-refractivity contribution in [1.82, 2.24) is 4.90 Å². The first kappa shape index (κ1) is 15.1. The molecule has 0 atom stereocenters. The number of carbonyl (C=O) groups excluding carboxylic acids is 2. The summed E-state index contributed by atoms with van der Waals surface area (Å²) in [6, 6.07) is 1.23. The molecular weight excluding hydrogens is 272 g/mol. The lowest BCUT2D eigenvalue weighted by molar-refractivity contribution is -0.380. The summed E-state index contributed by atoms with van der Waals surface area (Å²) in [6.07, 6.45) is 0.0995. The molecule has 0 aliphatic rings. The van der Waals surface area contributed by atoms with Crippen LogP contribution in [0.1, 0.15) is 23.7 Å². The predicted molar refractivity (Wildman–Crippen MR) is 69.2 cm³/mol. The summed E-state index contributed by atoms with van der Waals surface area (Å²) in [5.74, 6) is -0.730. The Kier molecular flexibility index (Phi) is 5.43. The van der Waals surface area contributed by atoms with Gasteiger partial charge < -0.3 is 9.64 Å². The number of nitrogens with zero attached hydrogens (tertiary/aromatic N) is 2. The number of hydrogen-bond donors (Lipinski definition) is 0. The maximum Gasteiger partial charge on any atom is 0.324 e.